The highest BCUT2D eigenvalue weighted by atomic mass is 16.5. The zero-order chi connectivity index (χ0) is 11.9. The van der Waals surface area contributed by atoms with E-state index in [1.165, 1.54) is 18.4 Å². The van der Waals surface area contributed by atoms with E-state index < -0.39 is 0 Å². The number of rotatable bonds is 6. The van der Waals surface area contributed by atoms with Gasteiger partial charge in [0, 0.05) is 18.9 Å². The molecule has 2 rings (SSSR count). The van der Waals surface area contributed by atoms with Crippen LogP contribution in [-0.2, 0) is 13.0 Å². The van der Waals surface area contributed by atoms with Crippen molar-refractivity contribution >= 4 is 0 Å². The van der Waals surface area contributed by atoms with Gasteiger partial charge in [-0.25, -0.2) is 4.98 Å². The fourth-order valence-corrected chi connectivity index (χ4v) is 1.83. The fourth-order valence-electron chi connectivity index (χ4n) is 1.83. The molecule has 1 aromatic carbocycles. The third-order valence-corrected chi connectivity index (χ3v) is 2.85. The molecule has 3 nitrogen and oxygen atoms in total. The van der Waals surface area contributed by atoms with Crippen molar-refractivity contribution in [2.24, 2.45) is 0 Å². The first-order valence-electron chi connectivity index (χ1n) is 5.97. The molecule has 0 spiro atoms. The Labute approximate surface area is 102 Å². The lowest BCUT2D eigenvalue weighted by Crippen LogP contribution is -1.95. The van der Waals surface area contributed by atoms with Crippen molar-refractivity contribution in [1.82, 2.24) is 9.55 Å². The summed E-state index contributed by atoms with van der Waals surface area (Å²) >= 11 is 0. The Kier molecular flexibility index (Phi) is 4.19. The zero-order valence-electron chi connectivity index (χ0n) is 10.2. The van der Waals surface area contributed by atoms with E-state index in [1.54, 1.807) is 7.11 Å². The quantitative estimate of drug-likeness (QED) is 0.713. The number of aromatic nitrogens is 2. The molecule has 0 saturated heterocycles. The van der Waals surface area contributed by atoms with Crippen molar-refractivity contribution in [3.63, 3.8) is 0 Å². The lowest BCUT2D eigenvalue weighted by molar-refractivity contribution is 0.414. The highest BCUT2D eigenvalue weighted by molar-refractivity contribution is 5.27. The molecule has 0 atom stereocenters. The van der Waals surface area contributed by atoms with Crippen LogP contribution >= 0.6 is 0 Å². The van der Waals surface area contributed by atoms with Crippen molar-refractivity contribution in [2.75, 3.05) is 7.11 Å². The highest BCUT2D eigenvalue weighted by Crippen LogP contribution is 2.13. The molecular weight excluding hydrogens is 212 g/mol. The molecule has 2 aromatic rings. The van der Waals surface area contributed by atoms with Crippen LogP contribution in [-0.4, -0.2) is 16.7 Å². The molecule has 0 N–H and O–H groups in total. The molecule has 0 aliphatic carbocycles. The molecule has 1 aromatic heterocycles. The van der Waals surface area contributed by atoms with Gasteiger partial charge in [-0.15, -0.1) is 0 Å². The SMILES string of the molecule is COc1ccc(CCCCn2ccnc2)cc1. The molecule has 0 aliphatic heterocycles. The number of unbranched alkanes of at least 4 members (excludes halogenated alkanes) is 1. The van der Waals surface area contributed by atoms with Crippen molar-refractivity contribution in [1.29, 1.82) is 0 Å². The minimum atomic E-state index is 0.923. The van der Waals surface area contributed by atoms with Crippen LogP contribution in [0, 0.1) is 0 Å². The van der Waals surface area contributed by atoms with Crippen LogP contribution < -0.4 is 4.74 Å². The Morgan fingerprint density at radius 3 is 2.65 bits per heavy atom. The number of aryl methyl sites for hydroxylation is 2. The van der Waals surface area contributed by atoms with E-state index in [1.807, 2.05) is 30.9 Å². The average Bonchev–Trinajstić information content (AvgIpc) is 2.88. The van der Waals surface area contributed by atoms with E-state index in [4.69, 9.17) is 4.74 Å². The van der Waals surface area contributed by atoms with Crippen LogP contribution in [0.4, 0.5) is 0 Å². The second-order valence-electron chi connectivity index (χ2n) is 4.11. The van der Waals surface area contributed by atoms with Crippen LogP contribution in [0.25, 0.3) is 0 Å². The van der Waals surface area contributed by atoms with E-state index in [2.05, 4.69) is 21.7 Å². The van der Waals surface area contributed by atoms with E-state index in [-0.39, 0.29) is 0 Å². The second kappa shape index (κ2) is 6.09. The molecule has 0 unspecified atom stereocenters. The van der Waals surface area contributed by atoms with Crippen LogP contribution in [0.5, 0.6) is 5.75 Å². The maximum atomic E-state index is 5.13. The maximum Gasteiger partial charge on any atom is 0.118 e. The van der Waals surface area contributed by atoms with E-state index in [0.29, 0.717) is 0 Å². The lowest BCUT2D eigenvalue weighted by Gasteiger charge is -2.04. The Bertz CT molecular complexity index is 420. The van der Waals surface area contributed by atoms with Gasteiger partial charge in [0.2, 0.25) is 0 Å². The van der Waals surface area contributed by atoms with Gasteiger partial charge in [-0.05, 0) is 37.0 Å². The minimum Gasteiger partial charge on any atom is -0.497 e. The van der Waals surface area contributed by atoms with E-state index >= 15 is 0 Å². The summed E-state index contributed by atoms with van der Waals surface area (Å²) in [7, 11) is 1.69. The molecule has 1 heterocycles. The molecule has 0 bridgehead atoms. The molecule has 0 aliphatic rings. The third kappa shape index (κ3) is 3.63. The Morgan fingerprint density at radius 1 is 1.18 bits per heavy atom. The van der Waals surface area contributed by atoms with Crippen molar-refractivity contribution in [3.8, 4) is 5.75 Å². The lowest BCUT2D eigenvalue weighted by atomic mass is 10.1. The van der Waals surface area contributed by atoms with Gasteiger partial charge in [0.15, 0.2) is 0 Å². The Balaban J connectivity index is 1.70. The number of benzene rings is 1. The van der Waals surface area contributed by atoms with E-state index in [9.17, 15) is 0 Å². The number of methoxy groups -OCH3 is 1. The van der Waals surface area contributed by atoms with Crippen molar-refractivity contribution in [2.45, 2.75) is 25.8 Å². The molecule has 17 heavy (non-hydrogen) atoms. The van der Waals surface area contributed by atoms with Crippen molar-refractivity contribution < 1.29 is 4.74 Å². The Hall–Kier alpha value is -1.77. The molecular formula is C14H18N2O. The highest BCUT2D eigenvalue weighted by Gasteiger charge is 1.95. The summed E-state index contributed by atoms with van der Waals surface area (Å²) in [5, 5.41) is 0. The summed E-state index contributed by atoms with van der Waals surface area (Å²) in [6.45, 7) is 1.05. The number of ether oxygens (including phenoxy) is 1. The number of hydrogen-bond donors (Lipinski definition) is 0. The summed E-state index contributed by atoms with van der Waals surface area (Å²) in [5.41, 5.74) is 1.37. The predicted molar refractivity (Wildman–Crippen MR) is 68.2 cm³/mol. The summed E-state index contributed by atoms with van der Waals surface area (Å²) in [4.78, 5) is 4.03. The standard InChI is InChI=1S/C14H18N2O/c1-17-14-7-5-13(6-8-14)4-2-3-10-16-11-9-15-12-16/h5-9,11-12H,2-4,10H2,1H3. The van der Waals surface area contributed by atoms with Gasteiger partial charge < -0.3 is 9.30 Å². The molecule has 0 saturated carbocycles. The molecule has 3 heteroatoms. The van der Waals surface area contributed by atoms with Gasteiger partial charge in [-0.3, -0.25) is 0 Å². The zero-order valence-corrected chi connectivity index (χ0v) is 10.2. The van der Waals surface area contributed by atoms with Gasteiger partial charge in [0.25, 0.3) is 0 Å². The molecule has 0 radical (unpaired) electrons. The van der Waals surface area contributed by atoms with Gasteiger partial charge in [-0.2, -0.15) is 0 Å². The predicted octanol–water partition coefficient (Wildman–Crippen LogP) is 2.91. The van der Waals surface area contributed by atoms with Gasteiger partial charge in [-0.1, -0.05) is 12.1 Å². The van der Waals surface area contributed by atoms with Gasteiger partial charge >= 0.3 is 0 Å². The summed E-state index contributed by atoms with van der Waals surface area (Å²) < 4.78 is 7.25. The van der Waals surface area contributed by atoms with Crippen molar-refractivity contribution in [3.05, 3.63) is 48.5 Å². The largest absolute Gasteiger partial charge is 0.497 e. The van der Waals surface area contributed by atoms with Crippen LogP contribution in [0.3, 0.4) is 0 Å². The summed E-state index contributed by atoms with van der Waals surface area (Å²) in [5.74, 6) is 0.923. The smallest absolute Gasteiger partial charge is 0.118 e. The normalized spacial score (nSPS) is 10.4. The maximum absolute atomic E-state index is 5.13. The van der Waals surface area contributed by atoms with Crippen LogP contribution in [0.1, 0.15) is 18.4 Å². The number of hydrogen-bond acceptors (Lipinski definition) is 2. The first-order chi connectivity index (χ1) is 8.38. The fraction of sp³-hybridized carbons (Fsp3) is 0.357. The minimum absolute atomic E-state index is 0.923. The van der Waals surface area contributed by atoms with Crippen LogP contribution in [0.2, 0.25) is 0 Å². The molecule has 0 amide bonds. The first-order valence-corrected chi connectivity index (χ1v) is 5.97. The monoisotopic (exact) mass is 230 g/mol. The summed E-state index contributed by atoms with van der Waals surface area (Å²) in [6.07, 6.45) is 9.20. The molecule has 90 valence electrons. The summed E-state index contributed by atoms with van der Waals surface area (Å²) in [6, 6.07) is 8.31. The Morgan fingerprint density at radius 2 is 2.00 bits per heavy atom. The van der Waals surface area contributed by atoms with E-state index in [0.717, 1.165) is 18.7 Å². The average molecular weight is 230 g/mol. The van der Waals surface area contributed by atoms with Gasteiger partial charge in [0.1, 0.15) is 5.75 Å². The number of nitrogens with zero attached hydrogens (tertiary/aromatic N) is 2. The number of imidazole rings is 1. The third-order valence-electron chi connectivity index (χ3n) is 2.85. The molecule has 0 fully saturated rings. The first kappa shape index (κ1) is 11.7. The van der Waals surface area contributed by atoms with Crippen LogP contribution in [0.15, 0.2) is 43.0 Å². The second-order valence-corrected chi connectivity index (χ2v) is 4.11. The van der Waals surface area contributed by atoms with Gasteiger partial charge in [0.05, 0.1) is 13.4 Å². The topological polar surface area (TPSA) is 27.1 Å².